The summed E-state index contributed by atoms with van der Waals surface area (Å²) in [7, 11) is 0. The summed E-state index contributed by atoms with van der Waals surface area (Å²) >= 11 is 0. The number of fused-ring (bicyclic) bond motifs is 10. The molecule has 5 nitrogen and oxygen atoms in total. The molecule has 0 atom stereocenters. The minimum absolute atomic E-state index is 0.0142. The van der Waals surface area contributed by atoms with Crippen LogP contribution < -0.4 is 31.1 Å². The molecule has 15 rings (SSSR count). The fourth-order valence-corrected chi connectivity index (χ4v) is 14.9. The zero-order valence-corrected chi connectivity index (χ0v) is 54.0. The average molecular weight is 1160 g/mol. The summed E-state index contributed by atoms with van der Waals surface area (Å²) in [6, 6.07) is 80.6. The topological polar surface area (TPSA) is 27.8 Å². The highest BCUT2D eigenvalue weighted by molar-refractivity contribution is 7.00. The predicted octanol–water partition coefficient (Wildman–Crippen LogP) is 21.3. The quantitative estimate of drug-likeness (QED) is 0.149. The summed E-state index contributed by atoms with van der Waals surface area (Å²) in [5.74, 6) is 0. The maximum Gasteiger partial charge on any atom is 0.252 e. The van der Waals surface area contributed by atoms with Crippen molar-refractivity contribution in [3.8, 4) is 16.8 Å². The second kappa shape index (κ2) is 20.3. The Labute approximate surface area is 525 Å². The molecule has 0 spiro atoms. The lowest BCUT2D eigenvalue weighted by atomic mass is 9.33. The molecule has 438 valence electrons. The summed E-state index contributed by atoms with van der Waals surface area (Å²) < 4.78 is 8.97. The van der Waals surface area contributed by atoms with Gasteiger partial charge in [-0.1, -0.05) is 172 Å². The summed E-state index contributed by atoms with van der Waals surface area (Å²) in [6.07, 6.45) is 0. The van der Waals surface area contributed by atoms with Crippen LogP contribution in [-0.2, 0) is 16.2 Å². The smallest absolute Gasteiger partial charge is 0.252 e. The first-order valence-corrected chi connectivity index (χ1v) is 31.8. The van der Waals surface area contributed by atoms with Crippen molar-refractivity contribution >= 4 is 118 Å². The Kier molecular flexibility index (Phi) is 12.8. The van der Waals surface area contributed by atoms with Gasteiger partial charge in [0.05, 0.1) is 16.7 Å². The SMILES string of the molecule is Cc1cc2c3c(c1)N(c1cc(C)c(-c4ccc5c(c4)oc4ccccc45)c(C)c1)c1cc(N(c4ccc5c6ccccc6n(-c6ccccc6)c5c4)c4c(C)cc(C(C)(C)C)cc4C)ccc1B3c1cc(C(C)(C)C)ccc1N2c1ccc(C(C)(C)C)cc1. The van der Waals surface area contributed by atoms with E-state index in [-0.39, 0.29) is 23.0 Å². The average Bonchev–Trinajstić information content (AvgIpc) is 1.17. The van der Waals surface area contributed by atoms with E-state index in [1.54, 1.807) is 0 Å². The van der Waals surface area contributed by atoms with E-state index in [1.807, 2.05) is 6.07 Å². The van der Waals surface area contributed by atoms with E-state index in [2.05, 4.69) is 322 Å². The molecule has 6 heteroatoms. The van der Waals surface area contributed by atoms with Crippen molar-refractivity contribution in [3.05, 3.63) is 257 Å². The second-order valence-corrected chi connectivity index (χ2v) is 28.6. The van der Waals surface area contributed by atoms with Gasteiger partial charge in [-0.15, -0.1) is 0 Å². The molecule has 2 aliphatic rings. The van der Waals surface area contributed by atoms with E-state index in [1.165, 1.54) is 105 Å². The van der Waals surface area contributed by atoms with E-state index in [4.69, 9.17) is 4.42 Å². The molecule has 0 saturated heterocycles. The molecule has 0 amide bonds. The third-order valence-corrected chi connectivity index (χ3v) is 19.3. The number of hydrogen-bond donors (Lipinski definition) is 0. The van der Waals surface area contributed by atoms with E-state index < -0.39 is 0 Å². The van der Waals surface area contributed by atoms with Crippen LogP contribution in [0.25, 0.3) is 60.6 Å². The van der Waals surface area contributed by atoms with Crippen LogP contribution in [0.15, 0.2) is 217 Å². The number of rotatable bonds is 7. The zero-order valence-electron chi connectivity index (χ0n) is 54.0. The van der Waals surface area contributed by atoms with Crippen molar-refractivity contribution in [3.63, 3.8) is 0 Å². The van der Waals surface area contributed by atoms with Gasteiger partial charge >= 0.3 is 0 Å². The Morgan fingerprint density at radius 1 is 0.371 bits per heavy atom. The van der Waals surface area contributed by atoms with Crippen LogP contribution in [0.5, 0.6) is 0 Å². The molecule has 0 aliphatic carbocycles. The first kappa shape index (κ1) is 56.0. The number of furan rings is 1. The molecule has 0 radical (unpaired) electrons. The molecule has 2 aliphatic heterocycles. The lowest BCUT2D eigenvalue weighted by Crippen LogP contribution is -2.61. The maximum atomic E-state index is 6.52. The molecule has 2 aromatic heterocycles. The Morgan fingerprint density at radius 3 is 1.63 bits per heavy atom. The van der Waals surface area contributed by atoms with Crippen LogP contribution in [0, 0.1) is 34.6 Å². The third kappa shape index (κ3) is 9.11. The molecular weight excluding hydrogens is 1080 g/mol. The van der Waals surface area contributed by atoms with E-state index in [9.17, 15) is 0 Å². The second-order valence-electron chi connectivity index (χ2n) is 28.6. The van der Waals surface area contributed by atoms with Crippen LogP contribution in [0.1, 0.15) is 107 Å². The number of aromatic nitrogens is 1. The van der Waals surface area contributed by atoms with Crippen molar-refractivity contribution in [2.24, 2.45) is 0 Å². The van der Waals surface area contributed by atoms with Crippen LogP contribution >= 0.6 is 0 Å². The highest BCUT2D eigenvalue weighted by Crippen LogP contribution is 2.50. The molecule has 13 aromatic rings. The van der Waals surface area contributed by atoms with Gasteiger partial charge in [-0.3, -0.25) is 0 Å². The Morgan fingerprint density at radius 2 is 0.944 bits per heavy atom. The monoisotopic (exact) mass is 1160 g/mol. The Hall–Kier alpha value is -9.52. The van der Waals surface area contributed by atoms with Gasteiger partial charge in [-0.2, -0.15) is 0 Å². The highest BCUT2D eigenvalue weighted by Gasteiger charge is 2.45. The number of nitrogens with zero attached hydrogens (tertiary/aromatic N) is 4. The fraction of sp³-hybridized carbons (Fsp3) is 0.205. The molecule has 0 unspecified atom stereocenters. The van der Waals surface area contributed by atoms with E-state index in [0.29, 0.717) is 0 Å². The van der Waals surface area contributed by atoms with Gasteiger partial charge in [0.15, 0.2) is 0 Å². The van der Waals surface area contributed by atoms with Crippen LogP contribution in [0.3, 0.4) is 0 Å². The molecular formula is C83H77BN4O. The van der Waals surface area contributed by atoms with Gasteiger partial charge in [-0.25, -0.2) is 0 Å². The summed E-state index contributed by atoms with van der Waals surface area (Å²) in [4.78, 5) is 7.73. The van der Waals surface area contributed by atoms with Crippen LogP contribution in [0.4, 0.5) is 51.2 Å². The lowest BCUT2D eigenvalue weighted by molar-refractivity contribution is 0.589. The largest absolute Gasteiger partial charge is 0.456 e. The standard InChI is InChI=1S/C83H77BN4O/c1-50-40-74-79-75(41-50)88(63-44-51(2)78(52(3)45-63)55-28-36-67-66-25-19-21-27-76(66)89-77(67)46-55)73-49-62(35-38-68(73)84(79)69-47-57(82(9,10)11)31-39-71(69)87(74)60-32-29-56(30-33-60)81(6,7)8)85(80-53(4)42-58(43-54(80)5)83(12,13)14)61-34-37-65-64-24-18-20-26-70(64)86(72(65)48-61)59-22-16-15-17-23-59/h15-49H,1-14H3. The number of para-hydroxylation sites is 3. The third-order valence-electron chi connectivity index (χ3n) is 19.3. The van der Waals surface area contributed by atoms with Crippen molar-refractivity contribution in [2.75, 3.05) is 14.7 Å². The normalized spacial score (nSPS) is 13.2. The molecule has 0 N–H and O–H groups in total. The molecule has 89 heavy (non-hydrogen) atoms. The predicted molar refractivity (Wildman–Crippen MR) is 382 cm³/mol. The lowest BCUT2D eigenvalue weighted by Gasteiger charge is -2.45. The van der Waals surface area contributed by atoms with Crippen LogP contribution in [0.2, 0.25) is 0 Å². The fourth-order valence-electron chi connectivity index (χ4n) is 14.9. The van der Waals surface area contributed by atoms with E-state index >= 15 is 0 Å². The van der Waals surface area contributed by atoms with Crippen molar-refractivity contribution in [1.82, 2.24) is 4.57 Å². The van der Waals surface area contributed by atoms with Gasteiger partial charge in [0, 0.05) is 72.7 Å². The van der Waals surface area contributed by atoms with Gasteiger partial charge in [0.25, 0.3) is 6.71 Å². The molecule has 0 saturated carbocycles. The molecule has 0 bridgehead atoms. The first-order chi connectivity index (χ1) is 42.6. The number of hydrogen-bond acceptors (Lipinski definition) is 4. The minimum atomic E-state index is -0.0875. The zero-order chi connectivity index (χ0) is 61.7. The first-order valence-electron chi connectivity index (χ1n) is 31.8. The number of aryl methyl sites for hydroxylation is 5. The Balaban J connectivity index is 1.01. The molecule has 11 aromatic carbocycles. The Bertz CT molecular complexity index is 4990. The summed E-state index contributed by atoms with van der Waals surface area (Å²) in [5.41, 5.74) is 31.9. The summed E-state index contributed by atoms with van der Waals surface area (Å²) in [5, 5.41) is 4.73. The van der Waals surface area contributed by atoms with E-state index in [0.717, 1.165) is 67.1 Å². The summed E-state index contributed by atoms with van der Waals surface area (Å²) in [6.45, 7) is 32.3. The van der Waals surface area contributed by atoms with Gasteiger partial charge in [0.1, 0.15) is 11.2 Å². The van der Waals surface area contributed by atoms with Crippen molar-refractivity contribution in [2.45, 2.75) is 113 Å². The van der Waals surface area contributed by atoms with Gasteiger partial charge in [-0.05, 0) is 226 Å². The van der Waals surface area contributed by atoms with Crippen molar-refractivity contribution in [1.29, 1.82) is 0 Å². The molecule has 0 fully saturated rings. The highest BCUT2D eigenvalue weighted by atomic mass is 16.3. The van der Waals surface area contributed by atoms with Crippen molar-refractivity contribution < 1.29 is 4.42 Å². The number of benzene rings is 11. The van der Waals surface area contributed by atoms with Gasteiger partial charge < -0.3 is 23.7 Å². The molecule has 4 heterocycles. The van der Waals surface area contributed by atoms with Gasteiger partial charge in [0.2, 0.25) is 0 Å². The maximum absolute atomic E-state index is 6.52. The van der Waals surface area contributed by atoms with Crippen LogP contribution in [-0.4, -0.2) is 11.3 Å². The minimum Gasteiger partial charge on any atom is -0.456 e. The number of anilines is 9.